The van der Waals surface area contributed by atoms with Crippen molar-refractivity contribution in [1.82, 2.24) is 4.57 Å². The number of aromatic nitrogens is 1. The molecule has 0 unspecified atom stereocenters. The van der Waals surface area contributed by atoms with Crippen LogP contribution in [0.5, 0.6) is 0 Å². The van der Waals surface area contributed by atoms with Crippen molar-refractivity contribution in [3.05, 3.63) is 41.1 Å². The lowest BCUT2D eigenvalue weighted by Gasteiger charge is -2.23. The fourth-order valence-electron chi connectivity index (χ4n) is 3.58. The standard InChI is InChI=1S/C20H24ClNO2/c1-2-24-20(23)11-9-18-13-16-12-17(21)8-10-19(16)22(18)14-15-6-4-3-5-7-15/h8-13,15H,2-7,14H2,1H3/b11-9+. The van der Waals surface area contributed by atoms with Crippen LogP contribution >= 0.6 is 11.6 Å². The molecule has 128 valence electrons. The topological polar surface area (TPSA) is 31.2 Å². The molecule has 1 aromatic carbocycles. The summed E-state index contributed by atoms with van der Waals surface area (Å²) in [5.74, 6) is 0.407. The van der Waals surface area contributed by atoms with E-state index in [0.29, 0.717) is 12.5 Å². The van der Waals surface area contributed by atoms with Crippen molar-refractivity contribution in [3.63, 3.8) is 0 Å². The molecule has 0 N–H and O–H groups in total. The lowest BCUT2D eigenvalue weighted by atomic mass is 9.89. The van der Waals surface area contributed by atoms with E-state index >= 15 is 0 Å². The van der Waals surface area contributed by atoms with Crippen molar-refractivity contribution in [2.24, 2.45) is 5.92 Å². The highest BCUT2D eigenvalue weighted by Gasteiger charge is 2.17. The Morgan fingerprint density at radius 1 is 1.29 bits per heavy atom. The second-order valence-corrected chi connectivity index (χ2v) is 6.91. The van der Waals surface area contributed by atoms with E-state index in [-0.39, 0.29) is 5.97 Å². The summed E-state index contributed by atoms with van der Waals surface area (Å²) in [6.45, 7) is 3.20. The van der Waals surface area contributed by atoms with Gasteiger partial charge in [-0.25, -0.2) is 4.79 Å². The first-order valence-electron chi connectivity index (χ1n) is 8.81. The van der Waals surface area contributed by atoms with Crippen molar-refractivity contribution in [2.45, 2.75) is 45.6 Å². The van der Waals surface area contributed by atoms with Gasteiger partial charge in [-0.2, -0.15) is 0 Å². The number of carbonyl (C=O) groups excluding carboxylic acids is 1. The number of rotatable bonds is 5. The summed E-state index contributed by atoms with van der Waals surface area (Å²) in [6.07, 6.45) is 9.94. The molecule has 0 atom stereocenters. The highest BCUT2D eigenvalue weighted by Crippen LogP contribution is 2.30. The number of fused-ring (bicyclic) bond motifs is 1. The number of benzene rings is 1. The van der Waals surface area contributed by atoms with Crippen molar-refractivity contribution >= 4 is 34.5 Å². The molecule has 1 fully saturated rings. The summed E-state index contributed by atoms with van der Waals surface area (Å²) in [4.78, 5) is 11.6. The molecule has 1 aromatic heterocycles. The molecule has 1 saturated carbocycles. The van der Waals surface area contributed by atoms with Gasteiger partial charge in [0.1, 0.15) is 0 Å². The van der Waals surface area contributed by atoms with E-state index in [0.717, 1.165) is 22.6 Å². The maximum atomic E-state index is 11.6. The highest BCUT2D eigenvalue weighted by atomic mass is 35.5. The molecule has 0 spiro atoms. The number of hydrogen-bond acceptors (Lipinski definition) is 2. The second-order valence-electron chi connectivity index (χ2n) is 6.47. The number of halogens is 1. The number of ether oxygens (including phenoxy) is 1. The SMILES string of the molecule is CCOC(=O)/C=C/c1cc2cc(Cl)ccc2n1CC1CCCCC1. The average molecular weight is 346 g/mol. The molecule has 4 heteroatoms. The number of carbonyl (C=O) groups is 1. The highest BCUT2D eigenvalue weighted by molar-refractivity contribution is 6.31. The van der Waals surface area contributed by atoms with E-state index in [1.807, 2.05) is 25.1 Å². The quantitative estimate of drug-likeness (QED) is 0.533. The van der Waals surface area contributed by atoms with Crippen molar-refractivity contribution in [1.29, 1.82) is 0 Å². The molecule has 3 nitrogen and oxygen atoms in total. The molecule has 1 heterocycles. The fourth-order valence-corrected chi connectivity index (χ4v) is 3.76. The van der Waals surface area contributed by atoms with Crippen molar-refractivity contribution in [2.75, 3.05) is 6.61 Å². The fraction of sp³-hybridized carbons (Fsp3) is 0.450. The minimum atomic E-state index is -0.301. The second kappa shape index (κ2) is 7.89. The molecule has 0 amide bonds. The summed E-state index contributed by atoms with van der Waals surface area (Å²) in [5.41, 5.74) is 2.21. The number of hydrogen-bond donors (Lipinski definition) is 0. The predicted molar refractivity (Wildman–Crippen MR) is 99.2 cm³/mol. The zero-order valence-electron chi connectivity index (χ0n) is 14.1. The monoisotopic (exact) mass is 345 g/mol. The van der Waals surface area contributed by atoms with Gasteiger partial charge in [0, 0.05) is 34.2 Å². The zero-order valence-corrected chi connectivity index (χ0v) is 14.9. The van der Waals surface area contributed by atoms with Crippen molar-refractivity contribution in [3.8, 4) is 0 Å². The smallest absolute Gasteiger partial charge is 0.330 e. The van der Waals surface area contributed by atoms with E-state index in [4.69, 9.17) is 16.3 Å². The van der Waals surface area contributed by atoms with Gasteiger partial charge in [-0.1, -0.05) is 30.9 Å². The molecule has 0 saturated heterocycles. The van der Waals surface area contributed by atoms with Crippen molar-refractivity contribution < 1.29 is 9.53 Å². The van der Waals surface area contributed by atoms with E-state index < -0.39 is 0 Å². The van der Waals surface area contributed by atoms with Gasteiger partial charge in [0.05, 0.1) is 6.61 Å². The van der Waals surface area contributed by atoms with Gasteiger partial charge in [0.15, 0.2) is 0 Å². The molecular weight excluding hydrogens is 322 g/mol. The Kier molecular flexibility index (Phi) is 5.62. The van der Waals surface area contributed by atoms with Crippen LogP contribution in [-0.4, -0.2) is 17.1 Å². The van der Waals surface area contributed by atoms with Crippen LogP contribution < -0.4 is 0 Å². The van der Waals surface area contributed by atoms with E-state index in [9.17, 15) is 4.79 Å². The molecule has 0 radical (unpaired) electrons. The maximum Gasteiger partial charge on any atom is 0.330 e. The number of nitrogens with zero attached hydrogens (tertiary/aromatic N) is 1. The minimum Gasteiger partial charge on any atom is -0.463 e. The minimum absolute atomic E-state index is 0.301. The maximum absolute atomic E-state index is 11.6. The van der Waals surface area contributed by atoms with Gasteiger partial charge in [-0.05, 0) is 56.0 Å². The van der Waals surface area contributed by atoms with Crippen LogP contribution in [0.3, 0.4) is 0 Å². The Hall–Kier alpha value is -1.74. The van der Waals surface area contributed by atoms with Gasteiger partial charge in [0.2, 0.25) is 0 Å². The normalized spacial score (nSPS) is 16.1. The van der Waals surface area contributed by atoms with Gasteiger partial charge < -0.3 is 9.30 Å². The Morgan fingerprint density at radius 3 is 2.83 bits per heavy atom. The summed E-state index contributed by atoms with van der Waals surface area (Å²) < 4.78 is 7.31. The third-order valence-electron chi connectivity index (χ3n) is 4.74. The van der Waals surface area contributed by atoms with E-state index in [2.05, 4.69) is 16.7 Å². The molecule has 0 aliphatic heterocycles. The molecule has 1 aliphatic carbocycles. The van der Waals surface area contributed by atoms with E-state index in [1.54, 1.807) is 0 Å². The summed E-state index contributed by atoms with van der Waals surface area (Å²) >= 11 is 6.14. The predicted octanol–water partition coefficient (Wildman–Crippen LogP) is 5.45. The van der Waals surface area contributed by atoms with Gasteiger partial charge >= 0.3 is 5.97 Å². The Bertz CT molecular complexity index is 741. The first kappa shape index (κ1) is 17.1. The van der Waals surface area contributed by atoms with Crippen LogP contribution in [0.2, 0.25) is 5.02 Å². The van der Waals surface area contributed by atoms with Crippen LogP contribution in [0.4, 0.5) is 0 Å². The summed E-state index contributed by atoms with van der Waals surface area (Å²) in [6, 6.07) is 8.08. The Morgan fingerprint density at radius 2 is 2.08 bits per heavy atom. The largest absolute Gasteiger partial charge is 0.463 e. The van der Waals surface area contributed by atoms with Crippen LogP contribution in [0.25, 0.3) is 17.0 Å². The molecule has 0 bridgehead atoms. The molecule has 2 aromatic rings. The van der Waals surface area contributed by atoms with Crippen LogP contribution in [0.15, 0.2) is 30.3 Å². The third kappa shape index (κ3) is 4.02. The lowest BCUT2D eigenvalue weighted by molar-refractivity contribution is -0.137. The van der Waals surface area contributed by atoms with Crippen LogP contribution in [0.1, 0.15) is 44.7 Å². The molecular formula is C20H24ClNO2. The third-order valence-corrected chi connectivity index (χ3v) is 4.97. The van der Waals surface area contributed by atoms with Crippen LogP contribution in [0, 0.1) is 5.92 Å². The molecule has 1 aliphatic rings. The van der Waals surface area contributed by atoms with Gasteiger partial charge in [-0.15, -0.1) is 0 Å². The van der Waals surface area contributed by atoms with Gasteiger partial charge in [0.25, 0.3) is 0 Å². The first-order valence-corrected chi connectivity index (χ1v) is 9.19. The molecule has 24 heavy (non-hydrogen) atoms. The lowest BCUT2D eigenvalue weighted by Crippen LogP contribution is -2.14. The Balaban J connectivity index is 1.93. The zero-order chi connectivity index (χ0) is 16.9. The average Bonchev–Trinajstić information content (AvgIpc) is 2.91. The Labute approximate surface area is 148 Å². The number of esters is 1. The van der Waals surface area contributed by atoms with E-state index in [1.165, 1.54) is 43.7 Å². The van der Waals surface area contributed by atoms with Gasteiger partial charge in [-0.3, -0.25) is 0 Å². The summed E-state index contributed by atoms with van der Waals surface area (Å²) in [5, 5.41) is 1.85. The summed E-state index contributed by atoms with van der Waals surface area (Å²) in [7, 11) is 0. The van der Waals surface area contributed by atoms with Crippen LogP contribution in [-0.2, 0) is 16.1 Å². The first-order chi connectivity index (χ1) is 11.7. The molecule has 3 rings (SSSR count).